The summed E-state index contributed by atoms with van der Waals surface area (Å²) in [4.78, 5) is 24.6. The quantitative estimate of drug-likeness (QED) is 0.716. The van der Waals surface area contributed by atoms with Gasteiger partial charge in [0.05, 0.1) is 18.7 Å². The smallest absolute Gasteiger partial charge is 0.269 e. The molecule has 1 aliphatic rings. The predicted molar refractivity (Wildman–Crippen MR) is 101 cm³/mol. The van der Waals surface area contributed by atoms with E-state index in [4.69, 9.17) is 30.5 Å². The number of benzene rings is 2. The summed E-state index contributed by atoms with van der Waals surface area (Å²) in [5.74, 6) is 0.662. The maximum absolute atomic E-state index is 12.3. The molecule has 28 heavy (non-hydrogen) atoms. The Labute approximate surface area is 166 Å². The van der Waals surface area contributed by atoms with Crippen LogP contribution in [0.1, 0.15) is 34.1 Å². The van der Waals surface area contributed by atoms with E-state index in [1.54, 1.807) is 12.1 Å². The van der Waals surface area contributed by atoms with Gasteiger partial charge in [0, 0.05) is 11.1 Å². The van der Waals surface area contributed by atoms with E-state index in [1.807, 2.05) is 6.92 Å². The van der Waals surface area contributed by atoms with Crippen LogP contribution in [0.15, 0.2) is 30.3 Å². The molecule has 8 nitrogen and oxygen atoms in total. The summed E-state index contributed by atoms with van der Waals surface area (Å²) in [7, 11) is 1.49. The molecule has 0 radical (unpaired) electrons. The van der Waals surface area contributed by atoms with Gasteiger partial charge in [-0.25, -0.2) is 0 Å². The van der Waals surface area contributed by atoms with Crippen LogP contribution in [0.4, 0.5) is 0 Å². The van der Waals surface area contributed by atoms with Gasteiger partial charge in [0.2, 0.25) is 6.79 Å². The molecule has 1 aliphatic heterocycles. The first-order chi connectivity index (χ1) is 13.5. The van der Waals surface area contributed by atoms with E-state index < -0.39 is 11.8 Å². The zero-order valence-corrected chi connectivity index (χ0v) is 16.1. The lowest BCUT2D eigenvalue weighted by atomic mass is 10.2. The summed E-state index contributed by atoms with van der Waals surface area (Å²) in [6.07, 6.45) is 0.849. The van der Waals surface area contributed by atoms with E-state index in [0.29, 0.717) is 35.2 Å². The number of rotatable bonds is 6. The van der Waals surface area contributed by atoms with Crippen molar-refractivity contribution in [3.63, 3.8) is 0 Å². The molecule has 2 amide bonds. The van der Waals surface area contributed by atoms with Crippen LogP contribution < -0.4 is 29.8 Å². The Kier molecular flexibility index (Phi) is 6.10. The van der Waals surface area contributed by atoms with Crippen LogP contribution in [-0.2, 0) is 0 Å². The van der Waals surface area contributed by atoms with Crippen molar-refractivity contribution in [2.24, 2.45) is 0 Å². The molecule has 3 rings (SSSR count). The topological polar surface area (TPSA) is 95.1 Å². The molecule has 9 heteroatoms. The molecule has 0 fully saturated rings. The van der Waals surface area contributed by atoms with Gasteiger partial charge in [-0.1, -0.05) is 18.5 Å². The van der Waals surface area contributed by atoms with Gasteiger partial charge in [-0.05, 0) is 36.8 Å². The molecule has 1 heterocycles. The van der Waals surface area contributed by atoms with Crippen molar-refractivity contribution >= 4 is 23.4 Å². The van der Waals surface area contributed by atoms with E-state index in [9.17, 15) is 9.59 Å². The molecule has 0 aromatic heterocycles. The highest BCUT2D eigenvalue weighted by atomic mass is 35.5. The van der Waals surface area contributed by atoms with Crippen LogP contribution in [-0.4, -0.2) is 32.3 Å². The van der Waals surface area contributed by atoms with Crippen LogP contribution in [0.5, 0.6) is 23.0 Å². The molecule has 0 bridgehead atoms. The Morgan fingerprint density at radius 3 is 2.54 bits per heavy atom. The molecular weight excluding hydrogens is 388 g/mol. The van der Waals surface area contributed by atoms with E-state index in [0.717, 1.165) is 6.42 Å². The molecule has 0 saturated heterocycles. The van der Waals surface area contributed by atoms with Crippen LogP contribution in [0.25, 0.3) is 0 Å². The molecule has 2 N–H and O–H groups in total. The number of amides is 2. The molecule has 0 spiro atoms. The second-order valence-corrected chi connectivity index (χ2v) is 6.22. The van der Waals surface area contributed by atoms with Crippen molar-refractivity contribution in [1.82, 2.24) is 10.9 Å². The third kappa shape index (κ3) is 4.23. The van der Waals surface area contributed by atoms with Crippen LogP contribution in [0.2, 0.25) is 5.02 Å². The highest BCUT2D eigenvalue weighted by Gasteiger charge is 2.21. The van der Waals surface area contributed by atoms with Crippen LogP contribution in [0.3, 0.4) is 0 Å². The molecule has 148 valence electrons. The number of carbonyl (C=O) groups is 2. The Hall–Kier alpha value is -3.13. The molecular formula is C19H19ClN2O6. The number of halogens is 1. The van der Waals surface area contributed by atoms with Crippen LogP contribution >= 0.6 is 11.6 Å². The van der Waals surface area contributed by atoms with E-state index in [1.165, 1.54) is 25.3 Å². The number of nitrogens with one attached hydrogen (secondary N) is 2. The van der Waals surface area contributed by atoms with Gasteiger partial charge in [0.25, 0.3) is 11.8 Å². The lowest BCUT2D eigenvalue weighted by molar-refractivity contribution is 0.0846. The summed E-state index contributed by atoms with van der Waals surface area (Å²) in [6, 6.07) is 7.66. The van der Waals surface area contributed by atoms with Gasteiger partial charge in [0.1, 0.15) is 0 Å². The SMILES string of the molecule is CCCOc1ccc(C(=O)NNC(=O)c2cc(Cl)c3c(c2)OCO3)cc1OC. The van der Waals surface area contributed by atoms with Gasteiger partial charge in [-0.15, -0.1) is 0 Å². The van der Waals surface area contributed by atoms with Crippen molar-refractivity contribution in [3.8, 4) is 23.0 Å². The minimum Gasteiger partial charge on any atom is -0.493 e. The molecule has 0 unspecified atom stereocenters. The average molecular weight is 407 g/mol. The van der Waals surface area contributed by atoms with Crippen molar-refractivity contribution in [1.29, 1.82) is 0 Å². The second-order valence-electron chi connectivity index (χ2n) is 5.81. The average Bonchev–Trinajstić information content (AvgIpc) is 3.19. The van der Waals surface area contributed by atoms with Crippen molar-refractivity contribution < 1.29 is 28.5 Å². The summed E-state index contributed by atoms with van der Waals surface area (Å²) >= 11 is 6.06. The van der Waals surface area contributed by atoms with Crippen LogP contribution in [0, 0.1) is 0 Å². The van der Waals surface area contributed by atoms with Crippen molar-refractivity contribution in [2.75, 3.05) is 20.5 Å². The minimum absolute atomic E-state index is 0.0384. The maximum Gasteiger partial charge on any atom is 0.269 e. The second kappa shape index (κ2) is 8.71. The van der Waals surface area contributed by atoms with Gasteiger partial charge in [0.15, 0.2) is 23.0 Å². The van der Waals surface area contributed by atoms with E-state index in [2.05, 4.69) is 10.9 Å². The molecule has 0 aliphatic carbocycles. The molecule has 2 aromatic carbocycles. The highest BCUT2D eigenvalue weighted by Crippen LogP contribution is 2.39. The third-order valence-electron chi connectivity index (χ3n) is 3.87. The number of hydrogen-bond acceptors (Lipinski definition) is 6. The molecule has 0 saturated carbocycles. The van der Waals surface area contributed by atoms with Gasteiger partial charge in [-0.2, -0.15) is 0 Å². The zero-order valence-electron chi connectivity index (χ0n) is 15.3. The van der Waals surface area contributed by atoms with Gasteiger partial charge >= 0.3 is 0 Å². The highest BCUT2D eigenvalue weighted by molar-refractivity contribution is 6.32. The summed E-state index contributed by atoms with van der Waals surface area (Å²) in [5, 5.41) is 0.249. The fourth-order valence-electron chi connectivity index (χ4n) is 2.50. The molecule has 0 atom stereocenters. The standard InChI is InChI=1S/C19H19ClN2O6/c1-3-6-26-14-5-4-11(8-15(14)25-2)18(23)21-22-19(24)12-7-13(20)17-16(9-12)27-10-28-17/h4-5,7-9H,3,6,10H2,1-2H3,(H,21,23)(H,22,24). The fraction of sp³-hybridized carbons (Fsp3) is 0.263. The number of ether oxygens (including phenoxy) is 4. The van der Waals surface area contributed by atoms with Gasteiger partial charge in [-0.3, -0.25) is 20.4 Å². The largest absolute Gasteiger partial charge is 0.493 e. The first-order valence-corrected chi connectivity index (χ1v) is 8.92. The minimum atomic E-state index is -0.552. The number of fused-ring (bicyclic) bond motifs is 1. The monoisotopic (exact) mass is 406 g/mol. The first kappa shape index (κ1) is 19.6. The number of hydrazine groups is 1. The Balaban J connectivity index is 1.65. The van der Waals surface area contributed by atoms with Gasteiger partial charge < -0.3 is 18.9 Å². The lowest BCUT2D eigenvalue weighted by Crippen LogP contribution is -2.41. The lowest BCUT2D eigenvalue weighted by Gasteiger charge is -2.12. The zero-order chi connectivity index (χ0) is 20.1. The Morgan fingerprint density at radius 1 is 1.07 bits per heavy atom. The number of carbonyl (C=O) groups excluding carboxylic acids is 2. The summed E-state index contributed by atoms with van der Waals surface area (Å²) in [5.41, 5.74) is 5.20. The normalized spacial score (nSPS) is 11.7. The van der Waals surface area contributed by atoms with E-state index in [-0.39, 0.29) is 17.4 Å². The first-order valence-electron chi connectivity index (χ1n) is 8.54. The van der Waals surface area contributed by atoms with Crippen molar-refractivity contribution in [3.05, 3.63) is 46.5 Å². The predicted octanol–water partition coefficient (Wildman–Crippen LogP) is 2.94. The fourth-order valence-corrected chi connectivity index (χ4v) is 2.76. The molecule has 2 aromatic rings. The third-order valence-corrected chi connectivity index (χ3v) is 4.15. The summed E-state index contributed by atoms with van der Waals surface area (Å²) < 4.78 is 21.2. The maximum atomic E-state index is 12.3. The Bertz CT molecular complexity index is 902. The van der Waals surface area contributed by atoms with E-state index >= 15 is 0 Å². The number of methoxy groups -OCH3 is 1. The van der Waals surface area contributed by atoms with Crippen molar-refractivity contribution in [2.45, 2.75) is 13.3 Å². The number of hydrogen-bond donors (Lipinski definition) is 2. The summed E-state index contributed by atoms with van der Waals surface area (Å²) in [6.45, 7) is 2.57. The Morgan fingerprint density at radius 2 is 1.82 bits per heavy atom.